The van der Waals surface area contributed by atoms with Gasteiger partial charge < -0.3 is 9.47 Å². The molecule has 1 unspecified atom stereocenters. The van der Waals surface area contributed by atoms with Crippen LogP contribution in [-0.4, -0.2) is 40.1 Å². The zero-order valence-electron chi connectivity index (χ0n) is 29.8. The van der Waals surface area contributed by atoms with Crippen LogP contribution in [-0.2, 0) is 29.4 Å². The Kier molecular flexibility index (Phi) is 19.8. The maximum atomic E-state index is 12.6. The van der Waals surface area contributed by atoms with Gasteiger partial charge in [-0.25, -0.2) is 0 Å². The number of ether oxygens (including phenoxy) is 2. The predicted molar refractivity (Wildman–Crippen MR) is 200 cm³/mol. The number of benzene rings is 3. The van der Waals surface area contributed by atoms with Crippen molar-refractivity contribution in [2.75, 3.05) is 25.6 Å². The molecule has 0 N–H and O–H groups in total. The molecule has 0 saturated heterocycles. The minimum Gasteiger partial charge on any atom is -0.379 e. The lowest BCUT2D eigenvalue weighted by atomic mass is 9.80. The molecule has 266 valence electrons. The predicted octanol–water partition coefficient (Wildman–Crippen LogP) is 11.0. The lowest BCUT2D eigenvalue weighted by Crippen LogP contribution is -2.38. The van der Waals surface area contributed by atoms with Crippen LogP contribution in [0.4, 0.5) is 0 Å². The molecule has 5 nitrogen and oxygen atoms in total. The molecular weight excluding hydrogens is 617 g/mol. The first-order valence-electron chi connectivity index (χ1n) is 18.8. The van der Waals surface area contributed by atoms with Gasteiger partial charge in [0.05, 0.1) is 19.0 Å². The van der Waals surface area contributed by atoms with E-state index in [1.54, 1.807) is 6.92 Å². The highest BCUT2D eigenvalue weighted by atomic mass is 32.2. The van der Waals surface area contributed by atoms with Crippen LogP contribution in [0, 0.1) is 0 Å². The fourth-order valence-corrected chi connectivity index (χ4v) is 6.99. The summed E-state index contributed by atoms with van der Waals surface area (Å²) in [5, 5.41) is 0. The highest BCUT2D eigenvalue weighted by Crippen LogP contribution is 2.40. The van der Waals surface area contributed by atoms with Crippen molar-refractivity contribution in [3.8, 4) is 0 Å². The summed E-state index contributed by atoms with van der Waals surface area (Å²) in [5.41, 5.74) is 1.89. The van der Waals surface area contributed by atoms with Gasteiger partial charge in [0.15, 0.2) is 0 Å². The quantitative estimate of drug-likeness (QED) is 0.0434. The summed E-state index contributed by atoms with van der Waals surface area (Å²) in [7, 11) is -3.71. The third-order valence-electron chi connectivity index (χ3n) is 9.11. The molecule has 0 fully saturated rings. The summed E-state index contributed by atoms with van der Waals surface area (Å²) in [4.78, 5) is 0. The SMILES string of the molecule is CCCCCCCCCCCCCCCCCCOCC(COC(c1ccccc1)(c1ccccc1)c1ccccc1)OS(=O)(=O)CC. The second kappa shape index (κ2) is 23.8. The molecular formula is C42H62O5S. The van der Waals surface area contributed by atoms with Crippen LogP contribution in [0.15, 0.2) is 91.0 Å². The summed E-state index contributed by atoms with van der Waals surface area (Å²) < 4.78 is 43.7. The number of rotatable bonds is 28. The molecule has 0 aliphatic rings. The topological polar surface area (TPSA) is 61.8 Å². The van der Waals surface area contributed by atoms with Crippen LogP contribution < -0.4 is 0 Å². The lowest BCUT2D eigenvalue weighted by molar-refractivity contribution is -0.0535. The molecule has 0 amide bonds. The maximum Gasteiger partial charge on any atom is 0.267 e. The van der Waals surface area contributed by atoms with Gasteiger partial charge in [0, 0.05) is 6.61 Å². The second-order valence-corrected chi connectivity index (χ2v) is 14.9. The van der Waals surface area contributed by atoms with Crippen molar-refractivity contribution < 1.29 is 22.1 Å². The largest absolute Gasteiger partial charge is 0.379 e. The second-order valence-electron chi connectivity index (χ2n) is 13.0. The highest BCUT2D eigenvalue weighted by Gasteiger charge is 2.38. The molecule has 48 heavy (non-hydrogen) atoms. The fraction of sp³-hybridized carbons (Fsp3) is 0.571. The number of unbranched alkanes of at least 4 members (excludes halogenated alkanes) is 15. The summed E-state index contributed by atoms with van der Waals surface area (Å²) in [6, 6.07) is 30.2. The molecule has 0 saturated carbocycles. The Morgan fingerprint density at radius 3 is 1.27 bits per heavy atom. The Balaban J connectivity index is 1.46. The smallest absolute Gasteiger partial charge is 0.267 e. The zero-order valence-corrected chi connectivity index (χ0v) is 30.6. The molecule has 0 aromatic heterocycles. The molecule has 3 aromatic rings. The van der Waals surface area contributed by atoms with E-state index in [1.807, 2.05) is 91.0 Å². The van der Waals surface area contributed by atoms with Gasteiger partial charge in [0.1, 0.15) is 11.7 Å². The average Bonchev–Trinajstić information content (AvgIpc) is 3.12. The molecule has 1 atom stereocenters. The Morgan fingerprint density at radius 1 is 0.521 bits per heavy atom. The van der Waals surface area contributed by atoms with Crippen molar-refractivity contribution >= 4 is 10.1 Å². The zero-order chi connectivity index (χ0) is 34.2. The van der Waals surface area contributed by atoms with E-state index in [1.165, 1.54) is 89.9 Å². The van der Waals surface area contributed by atoms with Gasteiger partial charge in [-0.2, -0.15) is 8.42 Å². The van der Waals surface area contributed by atoms with E-state index in [-0.39, 0.29) is 19.0 Å². The van der Waals surface area contributed by atoms with Crippen LogP contribution >= 0.6 is 0 Å². The van der Waals surface area contributed by atoms with Gasteiger partial charge in [-0.3, -0.25) is 4.18 Å². The molecule has 3 rings (SSSR count). The van der Waals surface area contributed by atoms with Crippen LogP contribution in [0.1, 0.15) is 133 Å². The van der Waals surface area contributed by atoms with Gasteiger partial charge in [0.25, 0.3) is 10.1 Å². The summed E-state index contributed by atoms with van der Waals surface area (Å²) in [5.74, 6) is -0.107. The first kappa shape index (κ1) is 39.9. The van der Waals surface area contributed by atoms with Crippen molar-refractivity contribution in [1.82, 2.24) is 0 Å². The van der Waals surface area contributed by atoms with Crippen molar-refractivity contribution in [1.29, 1.82) is 0 Å². The average molecular weight is 679 g/mol. The minimum atomic E-state index is -3.71. The summed E-state index contributed by atoms with van der Waals surface area (Å²) in [6.45, 7) is 4.63. The normalized spacial score (nSPS) is 12.7. The molecule has 0 aliphatic carbocycles. The standard InChI is InChI=1S/C42H62O5S/c1-3-5-6-7-8-9-10-11-12-13-14-15-16-17-18-28-35-45-36-41(47-48(43,44)4-2)37-46-42(38-29-22-19-23-30-38,39-31-24-20-25-32-39)40-33-26-21-27-34-40/h19-27,29-34,41H,3-18,28,35-37H2,1-2H3. The summed E-state index contributed by atoms with van der Waals surface area (Å²) >= 11 is 0. The Hall–Kier alpha value is -2.51. The third-order valence-corrected chi connectivity index (χ3v) is 10.4. The Labute approximate surface area is 292 Å². The van der Waals surface area contributed by atoms with E-state index in [9.17, 15) is 8.42 Å². The van der Waals surface area contributed by atoms with Crippen molar-refractivity contribution in [3.63, 3.8) is 0 Å². The lowest BCUT2D eigenvalue weighted by Gasteiger charge is -2.37. The molecule has 0 radical (unpaired) electrons. The minimum absolute atomic E-state index is 0.0386. The maximum absolute atomic E-state index is 12.6. The van der Waals surface area contributed by atoms with Gasteiger partial charge in [-0.15, -0.1) is 0 Å². The third kappa shape index (κ3) is 14.5. The first-order chi connectivity index (χ1) is 23.5. The number of hydrogen-bond donors (Lipinski definition) is 0. The fourth-order valence-electron chi connectivity index (χ4n) is 6.33. The van der Waals surface area contributed by atoms with Gasteiger partial charge in [-0.05, 0) is 30.0 Å². The van der Waals surface area contributed by atoms with Gasteiger partial charge >= 0.3 is 0 Å². The molecule has 6 heteroatoms. The van der Waals surface area contributed by atoms with E-state index in [0.717, 1.165) is 29.5 Å². The first-order valence-corrected chi connectivity index (χ1v) is 20.4. The van der Waals surface area contributed by atoms with Gasteiger partial charge in [-0.1, -0.05) is 194 Å². The van der Waals surface area contributed by atoms with Crippen molar-refractivity contribution in [2.45, 2.75) is 128 Å². The highest BCUT2D eigenvalue weighted by molar-refractivity contribution is 7.86. The van der Waals surface area contributed by atoms with E-state index in [0.29, 0.717) is 6.61 Å². The van der Waals surface area contributed by atoms with E-state index < -0.39 is 21.8 Å². The van der Waals surface area contributed by atoms with Crippen molar-refractivity contribution in [3.05, 3.63) is 108 Å². The molecule has 0 bridgehead atoms. The molecule has 0 spiro atoms. The molecule has 3 aromatic carbocycles. The monoisotopic (exact) mass is 678 g/mol. The Morgan fingerprint density at radius 2 is 0.896 bits per heavy atom. The Bertz CT molecular complexity index is 1200. The molecule has 0 heterocycles. The van der Waals surface area contributed by atoms with Crippen molar-refractivity contribution in [2.24, 2.45) is 0 Å². The van der Waals surface area contributed by atoms with Crippen LogP contribution in [0.5, 0.6) is 0 Å². The van der Waals surface area contributed by atoms with E-state index in [2.05, 4.69) is 6.92 Å². The van der Waals surface area contributed by atoms with E-state index in [4.69, 9.17) is 13.7 Å². The van der Waals surface area contributed by atoms with Gasteiger partial charge in [0.2, 0.25) is 0 Å². The van der Waals surface area contributed by atoms with Crippen LogP contribution in [0.2, 0.25) is 0 Å². The molecule has 0 aliphatic heterocycles. The van der Waals surface area contributed by atoms with E-state index >= 15 is 0 Å². The summed E-state index contributed by atoms with van der Waals surface area (Å²) in [6.07, 6.45) is 20.4. The number of hydrogen-bond acceptors (Lipinski definition) is 5. The van der Waals surface area contributed by atoms with Crippen LogP contribution in [0.3, 0.4) is 0 Å². The van der Waals surface area contributed by atoms with Crippen LogP contribution in [0.25, 0.3) is 0 Å².